The zero-order chi connectivity index (χ0) is 17.4. The Hall–Kier alpha value is -1.99. The number of hydrogen-bond donors (Lipinski definition) is 1. The molecule has 1 fully saturated rings. The molecule has 7 heteroatoms. The average molecular weight is 334 g/mol. The van der Waals surface area contributed by atoms with Crippen LogP contribution in [0.3, 0.4) is 0 Å². The number of aromatic nitrogens is 1. The fourth-order valence-electron chi connectivity index (χ4n) is 2.87. The van der Waals surface area contributed by atoms with E-state index >= 15 is 0 Å². The lowest BCUT2D eigenvalue weighted by Gasteiger charge is -2.36. The molecule has 2 heterocycles. The number of piperazine rings is 1. The van der Waals surface area contributed by atoms with Crippen LogP contribution in [0.1, 0.15) is 19.3 Å². The minimum atomic E-state index is -0.841. The van der Waals surface area contributed by atoms with Gasteiger partial charge >= 0.3 is 5.97 Å². The quantitative estimate of drug-likeness (QED) is 0.690. The number of ether oxygens (including phenoxy) is 1. The highest BCUT2D eigenvalue weighted by Crippen LogP contribution is 2.15. The molecule has 1 aliphatic rings. The molecule has 0 saturated carbocycles. The van der Waals surface area contributed by atoms with Crippen molar-refractivity contribution in [3.05, 3.63) is 24.5 Å². The first-order chi connectivity index (χ1) is 11.6. The van der Waals surface area contributed by atoms with Gasteiger partial charge in [-0.25, -0.2) is 0 Å². The van der Waals surface area contributed by atoms with Crippen LogP contribution in [-0.4, -0.2) is 67.5 Å². The van der Waals surface area contributed by atoms with E-state index in [1.807, 2.05) is 24.5 Å². The molecule has 1 atom stereocenters. The molecule has 1 unspecified atom stereocenters. The maximum Gasteiger partial charge on any atom is 0.323 e. The molecule has 0 bridgehead atoms. The predicted molar refractivity (Wildman–Crippen MR) is 91.7 cm³/mol. The summed E-state index contributed by atoms with van der Waals surface area (Å²) < 4.78 is 4.53. The SMILES string of the molecule is COC(=O)C(N)CC(=O)CCCN1CCN(c2ccncc2)CC1. The number of Topliss-reactive ketones (excluding diaryl/α,β-unsaturated/α-hetero) is 1. The third kappa shape index (κ3) is 5.58. The Kier molecular flexibility index (Phi) is 7.14. The monoisotopic (exact) mass is 334 g/mol. The van der Waals surface area contributed by atoms with Gasteiger partial charge in [0.1, 0.15) is 11.8 Å². The van der Waals surface area contributed by atoms with Crippen molar-refractivity contribution in [3.8, 4) is 0 Å². The molecule has 1 aromatic heterocycles. The number of pyridine rings is 1. The van der Waals surface area contributed by atoms with Crippen molar-refractivity contribution >= 4 is 17.4 Å². The maximum atomic E-state index is 11.8. The van der Waals surface area contributed by atoms with E-state index in [1.54, 1.807) is 0 Å². The van der Waals surface area contributed by atoms with Gasteiger partial charge in [0.2, 0.25) is 0 Å². The lowest BCUT2D eigenvalue weighted by Crippen LogP contribution is -2.46. The van der Waals surface area contributed by atoms with E-state index in [2.05, 4.69) is 19.5 Å². The van der Waals surface area contributed by atoms with Gasteiger partial charge in [-0.05, 0) is 25.1 Å². The summed E-state index contributed by atoms with van der Waals surface area (Å²) in [4.78, 5) is 31.8. The van der Waals surface area contributed by atoms with E-state index in [4.69, 9.17) is 5.73 Å². The van der Waals surface area contributed by atoms with Crippen LogP contribution in [0, 0.1) is 0 Å². The molecule has 0 amide bonds. The molecule has 0 aromatic carbocycles. The Morgan fingerprint density at radius 2 is 1.92 bits per heavy atom. The second-order valence-electron chi connectivity index (χ2n) is 6.01. The zero-order valence-electron chi connectivity index (χ0n) is 14.2. The van der Waals surface area contributed by atoms with Gasteiger partial charge in [-0.2, -0.15) is 0 Å². The number of rotatable bonds is 8. The van der Waals surface area contributed by atoms with E-state index in [0.717, 1.165) is 39.1 Å². The van der Waals surface area contributed by atoms with Crippen LogP contribution < -0.4 is 10.6 Å². The van der Waals surface area contributed by atoms with Crippen molar-refractivity contribution < 1.29 is 14.3 Å². The minimum absolute atomic E-state index is 0.0170. The fraction of sp³-hybridized carbons (Fsp3) is 0.588. The predicted octanol–water partition coefficient (Wildman–Crippen LogP) is 0.443. The number of nitrogens with zero attached hydrogens (tertiary/aromatic N) is 3. The minimum Gasteiger partial charge on any atom is -0.468 e. The van der Waals surface area contributed by atoms with Crippen LogP contribution in [-0.2, 0) is 14.3 Å². The summed E-state index contributed by atoms with van der Waals surface area (Å²) in [5.74, 6) is -0.515. The van der Waals surface area contributed by atoms with E-state index in [1.165, 1.54) is 12.8 Å². The zero-order valence-corrected chi connectivity index (χ0v) is 14.2. The van der Waals surface area contributed by atoms with Gasteiger partial charge in [0, 0.05) is 57.1 Å². The Morgan fingerprint density at radius 1 is 1.25 bits per heavy atom. The van der Waals surface area contributed by atoms with E-state index < -0.39 is 12.0 Å². The highest BCUT2D eigenvalue weighted by molar-refractivity contribution is 5.86. The number of carbonyl (C=O) groups excluding carboxylic acids is 2. The standard InChI is InChI=1S/C17H26N4O3/c1-24-17(23)16(18)13-15(22)3-2-8-20-9-11-21(12-10-20)14-4-6-19-7-5-14/h4-7,16H,2-3,8-13,18H2,1H3. The van der Waals surface area contributed by atoms with Crippen molar-refractivity contribution in [1.82, 2.24) is 9.88 Å². The smallest absolute Gasteiger partial charge is 0.323 e. The molecule has 1 saturated heterocycles. The number of carbonyl (C=O) groups is 2. The van der Waals surface area contributed by atoms with Crippen molar-refractivity contribution in [3.63, 3.8) is 0 Å². The second-order valence-corrected chi connectivity index (χ2v) is 6.01. The van der Waals surface area contributed by atoms with Crippen LogP contribution in [0.15, 0.2) is 24.5 Å². The highest BCUT2D eigenvalue weighted by atomic mass is 16.5. The summed E-state index contributed by atoms with van der Waals surface area (Å²) in [6, 6.07) is 3.21. The molecule has 2 N–H and O–H groups in total. The summed E-state index contributed by atoms with van der Waals surface area (Å²) in [5.41, 5.74) is 6.80. The largest absolute Gasteiger partial charge is 0.468 e. The van der Waals surface area contributed by atoms with Gasteiger partial charge < -0.3 is 15.4 Å². The number of anilines is 1. The summed E-state index contributed by atoms with van der Waals surface area (Å²) >= 11 is 0. The molecule has 7 nitrogen and oxygen atoms in total. The van der Waals surface area contributed by atoms with Crippen molar-refractivity contribution in [2.75, 3.05) is 44.7 Å². The number of methoxy groups -OCH3 is 1. The van der Waals surface area contributed by atoms with Crippen LogP contribution in [0.2, 0.25) is 0 Å². The first-order valence-corrected chi connectivity index (χ1v) is 8.32. The summed E-state index contributed by atoms with van der Waals surface area (Å²) in [5, 5.41) is 0. The molecule has 1 aliphatic heterocycles. The Bertz CT molecular complexity index is 530. The van der Waals surface area contributed by atoms with Crippen LogP contribution in [0.5, 0.6) is 0 Å². The normalized spacial score (nSPS) is 16.7. The number of ketones is 1. The van der Waals surface area contributed by atoms with Crippen LogP contribution >= 0.6 is 0 Å². The molecule has 132 valence electrons. The van der Waals surface area contributed by atoms with Crippen LogP contribution in [0.25, 0.3) is 0 Å². The van der Waals surface area contributed by atoms with Gasteiger partial charge in [0.15, 0.2) is 0 Å². The van der Waals surface area contributed by atoms with E-state index in [9.17, 15) is 9.59 Å². The third-order valence-corrected chi connectivity index (χ3v) is 4.28. The van der Waals surface area contributed by atoms with Gasteiger partial charge in [0.05, 0.1) is 7.11 Å². The van der Waals surface area contributed by atoms with Crippen molar-refractivity contribution in [1.29, 1.82) is 0 Å². The molecule has 0 aliphatic carbocycles. The van der Waals surface area contributed by atoms with Gasteiger partial charge in [-0.15, -0.1) is 0 Å². The lowest BCUT2D eigenvalue weighted by atomic mass is 10.1. The number of hydrogen-bond acceptors (Lipinski definition) is 7. The molecule has 24 heavy (non-hydrogen) atoms. The Balaban J connectivity index is 1.62. The van der Waals surface area contributed by atoms with Gasteiger partial charge in [0.25, 0.3) is 0 Å². The van der Waals surface area contributed by atoms with E-state index in [0.29, 0.717) is 6.42 Å². The topological polar surface area (TPSA) is 88.8 Å². The van der Waals surface area contributed by atoms with Gasteiger partial charge in [-0.3, -0.25) is 19.5 Å². The molecule has 1 aromatic rings. The molecular weight excluding hydrogens is 308 g/mol. The average Bonchev–Trinajstić information content (AvgIpc) is 2.62. The Labute approximate surface area is 142 Å². The maximum absolute atomic E-state index is 11.8. The molecular formula is C17H26N4O3. The van der Waals surface area contributed by atoms with Crippen molar-refractivity contribution in [2.45, 2.75) is 25.3 Å². The summed E-state index contributed by atoms with van der Waals surface area (Å²) in [6.45, 7) is 4.82. The van der Waals surface area contributed by atoms with Crippen LogP contribution in [0.4, 0.5) is 5.69 Å². The highest BCUT2D eigenvalue weighted by Gasteiger charge is 2.19. The summed E-state index contributed by atoms with van der Waals surface area (Å²) in [7, 11) is 1.28. The molecule has 0 spiro atoms. The van der Waals surface area contributed by atoms with E-state index in [-0.39, 0.29) is 12.2 Å². The third-order valence-electron chi connectivity index (χ3n) is 4.28. The fourth-order valence-corrected chi connectivity index (χ4v) is 2.87. The number of esters is 1. The van der Waals surface area contributed by atoms with Crippen molar-refractivity contribution in [2.24, 2.45) is 5.73 Å². The lowest BCUT2D eigenvalue weighted by molar-refractivity contribution is -0.143. The second kappa shape index (κ2) is 9.34. The molecule has 0 radical (unpaired) electrons. The van der Waals surface area contributed by atoms with Gasteiger partial charge in [-0.1, -0.05) is 0 Å². The molecule has 2 rings (SSSR count). The summed E-state index contributed by atoms with van der Waals surface area (Å²) in [6.07, 6.45) is 4.93. The Morgan fingerprint density at radius 3 is 2.54 bits per heavy atom. The number of nitrogens with two attached hydrogens (primary N) is 1. The first-order valence-electron chi connectivity index (χ1n) is 8.32. The first kappa shape index (κ1) is 18.4.